The number of nitrogens with one attached hydrogen (secondary N) is 1. The highest BCUT2D eigenvalue weighted by molar-refractivity contribution is 9.10. The van der Waals surface area contributed by atoms with E-state index in [2.05, 4.69) is 26.2 Å². The maximum atomic E-state index is 13.9. The molecule has 20 heavy (non-hydrogen) atoms. The van der Waals surface area contributed by atoms with Gasteiger partial charge in [-0.1, -0.05) is 0 Å². The summed E-state index contributed by atoms with van der Waals surface area (Å²) in [6.45, 7) is 1.63. The summed E-state index contributed by atoms with van der Waals surface area (Å²) >= 11 is 3.36. The summed E-state index contributed by atoms with van der Waals surface area (Å²) in [6.07, 6.45) is 4.01. The number of rotatable bonds is 4. The third kappa shape index (κ3) is 3.41. The van der Waals surface area contributed by atoms with Crippen LogP contribution < -0.4 is 5.32 Å². The molecule has 106 valence electrons. The summed E-state index contributed by atoms with van der Waals surface area (Å²) in [4.78, 5) is 4.09. The third-order valence-corrected chi connectivity index (χ3v) is 3.64. The monoisotopic (exact) mass is 340 g/mol. The molecule has 2 rings (SSSR count). The highest BCUT2D eigenvalue weighted by atomic mass is 79.9. The summed E-state index contributed by atoms with van der Waals surface area (Å²) in [5.74, 6) is -1.05. The standard InChI is InChI=1S/C15H15BrF2N2/c1-9-3-12(14(18)6-13(9)17)15(19-2)5-10-4-11(16)8-20-7-10/h3-4,6-8,15,19H,5H2,1-2H3. The van der Waals surface area contributed by atoms with E-state index in [1.54, 1.807) is 32.4 Å². The Labute approximate surface area is 125 Å². The fourth-order valence-corrected chi connectivity index (χ4v) is 2.53. The van der Waals surface area contributed by atoms with E-state index in [1.807, 2.05) is 6.07 Å². The van der Waals surface area contributed by atoms with E-state index in [0.29, 0.717) is 17.5 Å². The van der Waals surface area contributed by atoms with E-state index >= 15 is 0 Å². The minimum absolute atomic E-state index is 0.231. The van der Waals surface area contributed by atoms with Gasteiger partial charge in [0.25, 0.3) is 0 Å². The van der Waals surface area contributed by atoms with Crippen LogP contribution in [0.3, 0.4) is 0 Å². The van der Waals surface area contributed by atoms with Gasteiger partial charge in [-0.05, 0) is 59.6 Å². The van der Waals surface area contributed by atoms with Crippen molar-refractivity contribution in [2.75, 3.05) is 7.05 Å². The summed E-state index contributed by atoms with van der Waals surface area (Å²) in [6, 6.07) is 4.20. The lowest BCUT2D eigenvalue weighted by atomic mass is 9.97. The van der Waals surface area contributed by atoms with Crippen molar-refractivity contribution in [1.29, 1.82) is 0 Å². The Kier molecular flexibility index (Phi) is 4.83. The average molecular weight is 341 g/mol. The molecular formula is C15H15BrF2N2. The Bertz CT molecular complexity index is 617. The number of aromatic nitrogens is 1. The van der Waals surface area contributed by atoms with Gasteiger partial charge < -0.3 is 5.32 Å². The zero-order chi connectivity index (χ0) is 14.7. The molecule has 1 unspecified atom stereocenters. The van der Waals surface area contributed by atoms with Crippen LogP contribution in [0.15, 0.2) is 35.1 Å². The van der Waals surface area contributed by atoms with Crippen LogP contribution in [0.2, 0.25) is 0 Å². The molecule has 0 radical (unpaired) electrons. The highest BCUT2D eigenvalue weighted by Gasteiger charge is 2.17. The van der Waals surface area contributed by atoms with Gasteiger partial charge in [-0.3, -0.25) is 4.98 Å². The highest BCUT2D eigenvalue weighted by Crippen LogP contribution is 2.24. The number of halogens is 3. The molecule has 1 N–H and O–H groups in total. The van der Waals surface area contributed by atoms with Gasteiger partial charge >= 0.3 is 0 Å². The number of hydrogen-bond acceptors (Lipinski definition) is 2. The minimum atomic E-state index is -0.532. The van der Waals surface area contributed by atoms with Crippen molar-refractivity contribution in [3.8, 4) is 0 Å². The largest absolute Gasteiger partial charge is 0.313 e. The normalized spacial score (nSPS) is 12.4. The first kappa shape index (κ1) is 15.1. The van der Waals surface area contributed by atoms with Crippen molar-refractivity contribution in [3.63, 3.8) is 0 Å². The summed E-state index contributed by atoms with van der Waals surface area (Å²) in [5, 5.41) is 3.07. The van der Waals surface area contributed by atoms with Crippen molar-refractivity contribution in [2.24, 2.45) is 0 Å². The molecule has 0 bridgehead atoms. The van der Waals surface area contributed by atoms with Gasteiger partial charge in [0.2, 0.25) is 0 Å². The number of nitrogens with zero attached hydrogens (tertiary/aromatic N) is 1. The number of hydrogen-bond donors (Lipinski definition) is 1. The summed E-state index contributed by atoms with van der Waals surface area (Å²) in [5.41, 5.74) is 1.88. The van der Waals surface area contributed by atoms with E-state index < -0.39 is 11.6 Å². The maximum absolute atomic E-state index is 13.9. The van der Waals surface area contributed by atoms with Gasteiger partial charge in [-0.15, -0.1) is 0 Å². The van der Waals surface area contributed by atoms with Gasteiger partial charge in [0.15, 0.2) is 0 Å². The molecule has 0 aliphatic rings. The lowest BCUT2D eigenvalue weighted by Crippen LogP contribution is -2.20. The van der Waals surface area contributed by atoms with Gasteiger partial charge in [-0.25, -0.2) is 8.78 Å². The van der Waals surface area contributed by atoms with Crippen LogP contribution in [0.25, 0.3) is 0 Å². The predicted octanol–water partition coefficient (Wildman–Crippen LogP) is 3.93. The Morgan fingerprint density at radius 2 is 1.95 bits per heavy atom. The lowest BCUT2D eigenvalue weighted by Gasteiger charge is -2.18. The van der Waals surface area contributed by atoms with Crippen LogP contribution in [0.1, 0.15) is 22.7 Å². The van der Waals surface area contributed by atoms with Crippen LogP contribution in [0.4, 0.5) is 8.78 Å². The second kappa shape index (κ2) is 6.41. The van der Waals surface area contributed by atoms with E-state index in [1.165, 1.54) is 0 Å². The molecule has 5 heteroatoms. The molecule has 0 aliphatic heterocycles. The summed E-state index contributed by atoms with van der Waals surface area (Å²) in [7, 11) is 1.76. The predicted molar refractivity (Wildman–Crippen MR) is 78.5 cm³/mol. The Balaban J connectivity index is 2.31. The van der Waals surface area contributed by atoms with Gasteiger partial charge in [0.05, 0.1) is 0 Å². The quantitative estimate of drug-likeness (QED) is 0.911. The third-order valence-electron chi connectivity index (χ3n) is 3.20. The van der Waals surface area contributed by atoms with Crippen molar-refractivity contribution in [2.45, 2.75) is 19.4 Å². The van der Waals surface area contributed by atoms with Crippen molar-refractivity contribution in [1.82, 2.24) is 10.3 Å². The molecule has 0 aliphatic carbocycles. The molecule has 0 fully saturated rings. The molecule has 2 aromatic rings. The summed E-state index contributed by atoms with van der Waals surface area (Å²) < 4.78 is 28.2. The van der Waals surface area contributed by atoms with Crippen LogP contribution in [0, 0.1) is 18.6 Å². The van der Waals surface area contributed by atoms with Gasteiger partial charge in [-0.2, -0.15) is 0 Å². The molecule has 2 nitrogen and oxygen atoms in total. The molecule has 1 heterocycles. The van der Waals surface area contributed by atoms with Crippen LogP contribution in [0.5, 0.6) is 0 Å². The molecule has 0 amide bonds. The molecule has 0 saturated heterocycles. The molecule has 0 saturated carbocycles. The second-order valence-electron chi connectivity index (χ2n) is 4.68. The number of likely N-dealkylation sites (N-methyl/N-ethyl adjacent to an activating group) is 1. The molecule has 1 atom stereocenters. The van der Waals surface area contributed by atoms with Gasteiger partial charge in [0, 0.05) is 34.5 Å². The average Bonchev–Trinajstić information content (AvgIpc) is 2.40. The van der Waals surface area contributed by atoms with E-state index in [4.69, 9.17) is 0 Å². The topological polar surface area (TPSA) is 24.9 Å². The van der Waals surface area contributed by atoms with Crippen LogP contribution in [-0.2, 0) is 6.42 Å². The van der Waals surface area contributed by atoms with Crippen molar-refractivity contribution in [3.05, 3.63) is 63.4 Å². The van der Waals surface area contributed by atoms with Crippen LogP contribution in [-0.4, -0.2) is 12.0 Å². The Hall–Kier alpha value is -1.33. The number of benzene rings is 1. The van der Waals surface area contributed by atoms with E-state index in [9.17, 15) is 8.78 Å². The van der Waals surface area contributed by atoms with Crippen molar-refractivity contribution < 1.29 is 8.78 Å². The smallest absolute Gasteiger partial charge is 0.130 e. The molecule has 0 spiro atoms. The Morgan fingerprint density at radius 1 is 1.20 bits per heavy atom. The maximum Gasteiger partial charge on any atom is 0.130 e. The van der Waals surface area contributed by atoms with Crippen molar-refractivity contribution >= 4 is 15.9 Å². The number of pyridine rings is 1. The lowest BCUT2D eigenvalue weighted by molar-refractivity contribution is 0.518. The van der Waals surface area contributed by atoms with E-state index in [0.717, 1.165) is 16.1 Å². The first-order chi connectivity index (χ1) is 9.51. The first-order valence-corrected chi connectivity index (χ1v) is 7.02. The fraction of sp³-hybridized carbons (Fsp3) is 0.267. The Morgan fingerprint density at radius 3 is 2.60 bits per heavy atom. The fourth-order valence-electron chi connectivity index (χ4n) is 2.12. The second-order valence-corrected chi connectivity index (χ2v) is 5.60. The molecule has 1 aromatic heterocycles. The minimum Gasteiger partial charge on any atom is -0.313 e. The van der Waals surface area contributed by atoms with Gasteiger partial charge in [0.1, 0.15) is 11.6 Å². The number of aryl methyl sites for hydroxylation is 1. The SMILES string of the molecule is CNC(Cc1cncc(Br)c1)c1cc(C)c(F)cc1F. The van der Waals surface area contributed by atoms with E-state index in [-0.39, 0.29) is 6.04 Å². The zero-order valence-corrected chi connectivity index (χ0v) is 12.8. The first-order valence-electron chi connectivity index (χ1n) is 6.23. The van der Waals surface area contributed by atoms with Crippen LogP contribution >= 0.6 is 15.9 Å². The molecular weight excluding hydrogens is 326 g/mol. The zero-order valence-electron chi connectivity index (χ0n) is 11.3. The molecule has 1 aromatic carbocycles.